The minimum absolute atomic E-state index is 0.0873. The molecule has 1 saturated carbocycles. The van der Waals surface area contributed by atoms with E-state index in [2.05, 4.69) is 10.6 Å². The molecule has 5 heteroatoms. The summed E-state index contributed by atoms with van der Waals surface area (Å²) in [6.45, 7) is 2.35. The van der Waals surface area contributed by atoms with Crippen molar-refractivity contribution in [2.45, 2.75) is 51.5 Å². The van der Waals surface area contributed by atoms with Crippen molar-refractivity contribution < 1.29 is 9.59 Å². The molecule has 0 saturated heterocycles. The number of hydrogen-bond acceptors (Lipinski definition) is 3. The first kappa shape index (κ1) is 15.0. The Hall–Kier alpha value is -1.10. The average molecular weight is 255 g/mol. The Morgan fingerprint density at radius 1 is 1.17 bits per heavy atom. The van der Waals surface area contributed by atoms with Crippen molar-refractivity contribution in [2.75, 3.05) is 13.1 Å². The molecular formula is C13H25N3O2. The molecule has 0 spiro atoms. The van der Waals surface area contributed by atoms with Crippen molar-refractivity contribution >= 4 is 11.8 Å². The number of carbonyl (C=O) groups excluding carboxylic acids is 2. The Kier molecular flexibility index (Phi) is 6.72. The summed E-state index contributed by atoms with van der Waals surface area (Å²) in [7, 11) is 0. The van der Waals surface area contributed by atoms with Crippen LogP contribution in [0.4, 0.5) is 0 Å². The van der Waals surface area contributed by atoms with E-state index < -0.39 is 6.04 Å². The third-order valence-corrected chi connectivity index (χ3v) is 3.45. The summed E-state index contributed by atoms with van der Waals surface area (Å²) in [6, 6.07) is -0.412. The highest BCUT2D eigenvalue weighted by atomic mass is 16.2. The maximum absolute atomic E-state index is 11.7. The van der Waals surface area contributed by atoms with Crippen LogP contribution < -0.4 is 16.4 Å². The van der Waals surface area contributed by atoms with Gasteiger partial charge in [-0.1, -0.05) is 32.1 Å². The standard InChI is InChI=1S/C13H25N3O2/c1-10(17)15-7-8-16-13(18)12(14)9-11-5-3-2-4-6-11/h11-12H,2-9,14H2,1H3,(H,15,17)(H,16,18). The molecular weight excluding hydrogens is 230 g/mol. The molecule has 0 heterocycles. The minimum Gasteiger partial charge on any atom is -0.355 e. The Bertz CT molecular complexity index is 275. The Labute approximate surface area is 109 Å². The highest BCUT2D eigenvalue weighted by Crippen LogP contribution is 2.26. The fourth-order valence-electron chi connectivity index (χ4n) is 2.44. The number of carbonyl (C=O) groups is 2. The van der Waals surface area contributed by atoms with E-state index in [1.165, 1.54) is 39.0 Å². The molecule has 1 fully saturated rings. The summed E-state index contributed by atoms with van der Waals surface area (Å²) in [5.74, 6) is 0.413. The lowest BCUT2D eigenvalue weighted by Gasteiger charge is -2.24. The summed E-state index contributed by atoms with van der Waals surface area (Å²) in [5, 5.41) is 5.38. The molecule has 0 aliphatic heterocycles. The second-order valence-electron chi connectivity index (χ2n) is 5.12. The molecule has 4 N–H and O–H groups in total. The Morgan fingerprint density at radius 3 is 2.39 bits per heavy atom. The zero-order valence-electron chi connectivity index (χ0n) is 11.2. The van der Waals surface area contributed by atoms with Gasteiger partial charge in [0, 0.05) is 20.0 Å². The third kappa shape index (κ3) is 6.00. The molecule has 0 radical (unpaired) electrons. The van der Waals surface area contributed by atoms with E-state index in [-0.39, 0.29) is 11.8 Å². The molecule has 2 amide bonds. The SMILES string of the molecule is CC(=O)NCCNC(=O)C(N)CC1CCCCC1. The van der Waals surface area contributed by atoms with Gasteiger partial charge in [0.1, 0.15) is 0 Å². The van der Waals surface area contributed by atoms with Gasteiger partial charge in [-0.05, 0) is 12.3 Å². The summed E-state index contributed by atoms with van der Waals surface area (Å²) in [5.41, 5.74) is 5.89. The van der Waals surface area contributed by atoms with Gasteiger partial charge < -0.3 is 16.4 Å². The van der Waals surface area contributed by atoms with Gasteiger partial charge in [0.05, 0.1) is 6.04 Å². The van der Waals surface area contributed by atoms with Crippen LogP contribution in [0.5, 0.6) is 0 Å². The highest BCUT2D eigenvalue weighted by Gasteiger charge is 2.20. The summed E-state index contributed by atoms with van der Waals surface area (Å²) >= 11 is 0. The number of nitrogens with two attached hydrogens (primary N) is 1. The van der Waals surface area contributed by atoms with Crippen molar-refractivity contribution in [1.82, 2.24) is 10.6 Å². The third-order valence-electron chi connectivity index (χ3n) is 3.45. The van der Waals surface area contributed by atoms with Gasteiger partial charge in [0.15, 0.2) is 0 Å². The van der Waals surface area contributed by atoms with Gasteiger partial charge in [-0.15, -0.1) is 0 Å². The second-order valence-corrected chi connectivity index (χ2v) is 5.12. The predicted octanol–water partition coefficient (Wildman–Crippen LogP) is 0.536. The number of amides is 2. The largest absolute Gasteiger partial charge is 0.355 e. The molecule has 1 aliphatic rings. The fraction of sp³-hybridized carbons (Fsp3) is 0.846. The van der Waals surface area contributed by atoms with Crippen LogP contribution in [0.15, 0.2) is 0 Å². The Morgan fingerprint density at radius 2 is 1.78 bits per heavy atom. The summed E-state index contributed by atoms with van der Waals surface area (Å²) in [4.78, 5) is 22.3. The van der Waals surface area contributed by atoms with Crippen molar-refractivity contribution in [2.24, 2.45) is 11.7 Å². The predicted molar refractivity (Wildman–Crippen MR) is 70.9 cm³/mol. The normalized spacial score (nSPS) is 18.1. The smallest absolute Gasteiger partial charge is 0.236 e. The Balaban J connectivity index is 2.13. The molecule has 104 valence electrons. The first-order chi connectivity index (χ1) is 8.59. The molecule has 1 aliphatic carbocycles. The van der Waals surface area contributed by atoms with Gasteiger partial charge in [-0.3, -0.25) is 9.59 Å². The first-order valence-corrected chi connectivity index (χ1v) is 6.87. The summed E-state index contributed by atoms with van der Waals surface area (Å²) in [6.07, 6.45) is 7.03. The van der Waals surface area contributed by atoms with Gasteiger partial charge >= 0.3 is 0 Å². The van der Waals surface area contributed by atoms with Crippen molar-refractivity contribution in [3.63, 3.8) is 0 Å². The molecule has 1 unspecified atom stereocenters. The van der Waals surface area contributed by atoms with Crippen molar-refractivity contribution in [3.05, 3.63) is 0 Å². The van der Waals surface area contributed by atoms with Crippen LogP contribution in [0.2, 0.25) is 0 Å². The first-order valence-electron chi connectivity index (χ1n) is 6.87. The molecule has 0 bridgehead atoms. The molecule has 0 aromatic heterocycles. The second kappa shape index (κ2) is 8.08. The monoisotopic (exact) mass is 255 g/mol. The van der Waals surface area contributed by atoms with Crippen LogP contribution in [-0.4, -0.2) is 30.9 Å². The highest BCUT2D eigenvalue weighted by molar-refractivity contribution is 5.81. The van der Waals surface area contributed by atoms with Gasteiger partial charge in [-0.2, -0.15) is 0 Å². The van der Waals surface area contributed by atoms with Crippen LogP contribution in [0.1, 0.15) is 45.4 Å². The molecule has 0 aromatic rings. The van der Waals surface area contributed by atoms with Crippen LogP contribution in [0.3, 0.4) is 0 Å². The lowest BCUT2D eigenvalue weighted by molar-refractivity contribution is -0.123. The van der Waals surface area contributed by atoms with Crippen molar-refractivity contribution in [1.29, 1.82) is 0 Å². The number of nitrogens with one attached hydrogen (secondary N) is 2. The maximum Gasteiger partial charge on any atom is 0.236 e. The molecule has 18 heavy (non-hydrogen) atoms. The van der Waals surface area contributed by atoms with Crippen LogP contribution in [-0.2, 0) is 9.59 Å². The minimum atomic E-state index is -0.412. The van der Waals surface area contributed by atoms with E-state index in [9.17, 15) is 9.59 Å². The maximum atomic E-state index is 11.7. The van der Waals surface area contributed by atoms with Crippen LogP contribution in [0, 0.1) is 5.92 Å². The van der Waals surface area contributed by atoms with E-state index in [1.54, 1.807) is 0 Å². The van der Waals surface area contributed by atoms with Gasteiger partial charge in [0.25, 0.3) is 0 Å². The molecule has 0 aromatic carbocycles. The van der Waals surface area contributed by atoms with E-state index in [0.717, 1.165) is 6.42 Å². The van der Waals surface area contributed by atoms with E-state index in [4.69, 9.17) is 5.73 Å². The molecule has 1 atom stereocenters. The van der Waals surface area contributed by atoms with Crippen molar-refractivity contribution in [3.8, 4) is 0 Å². The average Bonchev–Trinajstić information content (AvgIpc) is 2.35. The molecule has 5 nitrogen and oxygen atoms in total. The van der Waals surface area contributed by atoms with Crippen LogP contribution in [0.25, 0.3) is 0 Å². The zero-order chi connectivity index (χ0) is 13.4. The topological polar surface area (TPSA) is 84.2 Å². The van der Waals surface area contributed by atoms with E-state index in [0.29, 0.717) is 19.0 Å². The lowest BCUT2D eigenvalue weighted by atomic mass is 9.85. The quantitative estimate of drug-likeness (QED) is 0.606. The van der Waals surface area contributed by atoms with Gasteiger partial charge in [-0.25, -0.2) is 0 Å². The fourth-order valence-corrected chi connectivity index (χ4v) is 2.44. The lowest BCUT2D eigenvalue weighted by Crippen LogP contribution is -2.44. The van der Waals surface area contributed by atoms with Crippen LogP contribution >= 0.6 is 0 Å². The van der Waals surface area contributed by atoms with E-state index in [1.807, 2.05) is 0 Å². The summed E-state index contributed by atoms with van der Waals surface area (Å²) < 4.78 is 0. The zero-order valence-corrected chi connectivity index (χ0v) is 11.2. The molecule has 1 rings (SSSR count). The van der Waals surface area contributed by atoms with Gasteiger partial charge in [0.2, 0.25) is 11.8 Å². The van der Waals surface area contributed by atoms with E-state index >= 15 is 0 Å². The number of rotatable bonds is 6. The number of hydrogen-bond donors (Lipinski definition) is 3.